The van der Waals surface area contributed by atoms with Gasteiger partial charge in [-0.2, -0.15) is 0 Å². The van der Waals surface area contributed by atoms with Crippen molar-refractivity contribution in [3.63, 3.8) is 0 Å². The zero-order valence-corrected chi connectivity index (χ0v) is 13.9. The lowest BCUT2D eigenvalue weighted by Gasteiger charge is -2.13. The van der Waals surface area contributed by atoms with Gasteiger partial charge in [0.15, 0.2) is 0 Å². The van der Waals surface area contributed by atoms with Crippen LogP contribution in [-0.2, 0) is 23.6 Å². The van der Waals surface area contributed by atoms with Gasteiger partial charge in [0.1, 0.15) is 11.5 Å². The number of allylic oxidation sites excluding steroid dienone is 2. The van der Waals surface area contributed by atoms with Crippen molar-refractivity contribution in [1.82, 2.24) is 0 Å². The number of phenols is 2. The van der Waals surface area contributed by atoms with Gasteiger partial charge in [0.05, 0.1) is 0 Å². The minimum absolute atomic E-state index is 0.148. The van der Waals surface area contributed by atoms with Crippen molar-refractivity contribution >= 4 is 10.8 Å². The molecule has 0 radical (unpaired) electrons. The van der Waals surface area contributed by atoms with Gasteiger partial charge in [0.25, 0.3) is 0 Å². The van der Waals surface area contributed by atoms with Crippen LogP contribution in [0.2, 0.25) is 0 Å². The third kappa shape index (κ3) is 3.71. The van der Waals surface area contributed by atoms with Gasteiger partial charge in [-0.25, -0.2) is 0 Å². The molecule has 0 aromatic heterocycles. The van der Waals surface area contributed by atoms with E-state index < -0.39 is 10.8 Å². The molecule has 2 rings (SSSR count). The highest BCUT2D eigenvalue weighted by Gasteiger charge is 2.14. The summed E-state index contributed by atoms with van der Waals surface area (Å²) in [6.07, 6.45) is 6.02. The maximum Gasteiger partial charge on any atom is 0.126 e. The van der Waals surface area contributed by atoms with Gasteiger partial charge < -0.3 is 10.2 Å². The maximum atomic E-state index is 11.9. The van der Waals surface area contributed by atoms with Gasteiger partial charge in [0.2, 0.25) is 0 Å². The molecule has 120 valence electrons. The van der Waals surface area contributed by atoms with Gasteiger partial charge >= 0.3 is 0 Å². The van der Waals surface area contributed by atoms with Crippen molar-refractivity contribution in [3.05, 3.63) is 66.8 Å². The Kier molecular flexibility index (Phi) is 5.40. The lowest BCUT2D eigenvalue weighted by molar-refractivity contribution is 0.468. The zero-order chi connectivity index (χ0) is 17.0. The summed E-state index contributed by atoms with van der Waals surface area (Å²) in [5, 5.41) is 20.4. The standard InChI is InChI=1S/C19H20O3S/c1-4-6-14-10-13(8-9-18(14)20)17-12-16(23(3)22)11-15(7-5-2)19(17)21/h4-5,8-12,20-21H,1-2,6-7H2,3H3. The van der Waals surface area contributed by atoms with Gasteiger partial charge in [-0.1, -0.05) is 18.2 Å². The van der Waals surface area contributed by atoms with Crippen LogP contribution in [0.5, 0.6) is 11.5 Å². The van der Waals surface area contributed by atoms with E-state index in [0.29, 0.717) is 28.9 Å². The van der Waals surface area contributed by atoms with Crippen LogP contribution in [0.15, 0.2) is 60.5 Å². The average Bonchev–Trinajstić information content (AvgIpc) is 2.52. The van der Waals surface area contributed by atoms with Gasteiger partial charge in [-0.3, -0.25) is 4.21 Å². The lowest BCUT2D eigenvalue weighted by atomic mass is 9.97. The molecular weight excluding hydrogens is 308 g/mol. The van der Waals surface area contributed by atoms with E-state index in [2.05, 4.69) is 13.2 Å². The molecule has 0 heterocycles. The molecule has 0 aliphatic carbocycles. The van der Waals surface area contributed by atoms with Crippen molar-refractivity contribution in [2.75, 3.05) is 6.26 Å². The molecule has 3 nitrogen and oxygen atoms in total. The van der Waals surface area contributed by atoms with Crippen molar-refractivity contribution < 1.29 is 14.4 Å². The summed E-state index contributed by atoms with van der Waals surface area (Å²) >= 11 is 0. The van der Waals surface area contributed by atoms with E-state index in [9.17, 15) is 14.4 Å². The van der Waals surface area contributed by atoms with Gasteiger partial charge in [-0.05, 0) is 53.8 Å². The number of hydrogen-bond acceptors (Lipinski definition) is 3. The summed E-state index contributed by atoms with van der Waals surface area (Å²) in [5.41, 5.74) is 2.76. The molecule has 0 fully saturated rings. The molecule has 2 aromatic rings. The van der Waals surface area contributed by atoms with Crippen molar-refractivity contribution in [1.29, 1.82) is 0 Å². The van der Waals surface area contributed by atoms with Crippen molar-refractivity contribution in [3.8, 4) is 22.6 Å². The molecule has 0 saturated carbocycles. The second kappa shape index (κ2) is 7.29. The molecule has 2 aromatic carbocycles. The largest absolute Gasteiger partial charge is 0.508 e. The van der Waals surface area contributed by atoms with E-state index >= 15 is 0 Å². The number of phenolic OH excluding ortho intramolecular Hbond substituents is 2. The smallest absolute Gasteiger partial charge is 0.126 e. The third-order valence-corrected chi connectivity index (χ3v) is 4.51. The van der Waals surface area contributed by atoms with E-state index in [1.54, 1.807) is 42.7 Å². The average molecular weight is 328 g/mol. The van der Waals surface area contributed by atoms with Crippen LogP contribution in [0.4, 0.5) is 0 Å². The topological polar surface area (TPSA) is 57.5 Å². The summed E-state index contributed by atoms with van der Waals surface area (Å²) in [6, 6.07) is 8.60. The number of hydrogen-bond donors (Lipinski definition) is 2. The quantitative estimate of drug-likeness (QED) is 0.789. The van der Waals surface area contributed by atoms with Gasteiger partial charge in [0, 0.05) is 27.5 Å². The molecule has 0 aliphatic heterocycles. The van der Waals surface area contributed by atoms with Crippen LogP contribution >= 0.6 is 0 Å². The Morgan fingerprint density at radius 1 is 1.04 bits per heavy atom. The van der Waals surface area contributed by atoms with Crippen LogP contribution in [0.1, 0.15) is 11.1 Å². The first-order chi connectivity index (χ1) is 11.0. The predicted molar refractivity (Wildman–Crippen MR) is 95.3 cm³/mol. The SMILES string of the molecule is C=CCc1cc(-c2cc(S(C)=O)cc(CC=C)c2O)ccc1O. The first-order valence-corrected chi connectivity index (χ1v) is 8.77. The van der Waals surface area contributed by atoms with E-state index in [0.717, 1.165) is 11.1 Å². The second-order valence-corrected chi connectivity index (χ2v) is 6.64. The lowest BCUT2D eigenvalue weighted by Crippen LogP contribution is -1.95. The monoisotopic (exact) mass is 328 g/mol. The molecule has 0 aliphatic rings. The first kappa shape index (κ1) is 17.0. The number of aromatic hydroxyl groups is 2. The van der Waals surface area contributed by atoms with Crippen LogP contribution < -0.4 is 0 Å². The fourth-order valence-corrected chi connectivity index (χ4v) is 3.03. The fraction of sp³-hybridized carbons (Fsp3) is 0.158. The molecule has 0 saturated heterocycles. The normalized spacial score (nSPS) is 11.9. The summed E-state index contributed by atoms with van der Waals surface area (Å²) in [7, 11) is -1.16. The first-order valence-electron chi connectivity index (χ1n) is 7.21. The molecule has 23 heavy (non-hydrogen) atoms. The van der Waals surface area contributed by atoms with Crippen molar-refractivity contribution in [2.24, 2.45) is 0 Å². The Hall–Kier alpha value is -2.33. The zero-order valence-electron chi connectivity index (χ0n) is 13.1. The van der Waals surface area contributed by atoms with E-state index in [1.807, 2.05) is 6.07 Å². The predicted octanol–water partition coefficient (Wildman–Crippen LogP) is 3.96. The Labute approximate surface area is 139 Å². The summed E-state index contributed by atoms with van der Waals surface area (Å²) < 4.78 is 11.9. The Morgan fingerprint density at radius 2 is 1.70 bits per heavy atom. The van der Waals surface area contributed by atoms with Crippen LogP contribution in [-0.4, -0.2) is 20.7 Å². The highest BCUT2D eigenvalue weighted by atomic mass is 32.2. The molecule has 1 atom stereocenters. The molecule has 4 heteroatoms. The minimum Gasteiger partial charge on any atom is -0.508 e. The van der Waals surface area contributed by atoms with E-state index in [4.69, 9.17) is 0 Å². The highest BCUT2D eigenvalue weighted by molar-refractivity contribution is 7.84. The van der Waals surface area contributed by atoms with Gasteiger partial charge in [-0.15, -0.1) is 13.2 Å². The third-order valence-electron chi connectivity index (χ3n) is 3.61. The Morgan fingerprint density at radius 3 is 2.30 bits per heavy atom. The van der Waals surface area contributed by atoms with E-state index in [-0.39, 0.29) is 11.5 Å². The highest BCUT2D eigenvalue weighted by Crippen LogP contribution is 2.36. The fourth-order valence-electron chi connectivity index (χ4n) is 2.43. The summed E-state index contributed by atoms with van der Waals surface area (Å²) in [6.45, 7) is 7.37. The summed E-state index contributed by atoms with van der Waals surface area (Å²) in [5.74, 6) is 0.337. The minimum atomic E-state index is -1.16. The molecule has 0 bridgehead atoms. The molecule has 1 unspecified atom stereocenters. The molecule has 0 amide bonds. The van der Waals surface area contributed by atoms with Crippen LogP contribution in [0.25, 0.3) is 11.1 Å². The van der Waals surface area contributed by atoms with Crippen LogP contribution in [0, 0.1) is 0 Å². The molecule has 2 N–H and O–H groups in total. The van der Waals surface area contributed by atoms with Crippen LogP contribution in [0.3, 0.4) is 0 Å². The number of benzene rings is 2. The van der Waals surface area contributed by atoms with E-state index in [1.165, 1.54) is 0 Å². The molecule has 0 spiro atoms. The summed E-state index contributed by atoms with van der Waals surface area (Å²) in [4.78, 5) is 0.646. The second-order valence-electron chi connectivity index (χ2n) is 5.26. The Bertz CT molecular complexity index is 778. The molecular formula is C19H20O3S. The maximum absolute atomic E-state index is 11.9. The number of rotatable bonds is 6. The Balaban J connectivity index is 2.66. The van der Waals surface area contributed by atoms with Crippen molar-refractivity contribution in [2.45, 2.75) is 17.7 Å².